The Hall–Kier alpha value is -0.900. The number of benzene rings is 2. The second-order valence-electron chi connectivity index (χ2n) is 4.79. The van der Waals surface area contributed by atoms with Crippen LogP contribution in [-0.2, 0) is 4.79 Å². The topological polar surface area (TPSA) is 17.1 Å². The molecule has 110 valence electrons. The molecule has 2 aromatic carbocycles. The Bertz CT molecular complexity index is 546. The lowest BCUT2D eigenvalue weighted by Crippen LogP contribution is -2.14. The van der Waals surface area contributed by atoms with Crippen LogP contribution in [-0.4, -0.2) is 16.2 Å². The van der Waals surface area contributed by atoms with Crippen LogP contribution in [0.4, 0.5) is 0 Å². The lowest BCUT2D eigenvalue weighted by molar-refractivity contribution is -0.114. The van der Waals surface area contributed by atoms with E-state index in [0.29, 0.717) is 0 Å². The van der Waals surface area contributed by atoms with Crippen LogP contribution in [0, 0.1) is 13.8 Å². The molecule has 0 atom stereocenters. The zero-order valence-electron chi connectivity index (χ0n) is 12.0. The van der Waals surface area contributed by atoms with Crippen molar-refractivity contribution < 1.29 is 4.79 Å². The molecule has 0 unspecified atom stereocenters. The SMILES string of the molecule is Cc1ccc(SC(Sc2ccc(C)cc2)C(=O)CCl)cc1. The molecule has 21 heavy (non-hydrogen) atoms. The summed E-state index contributed by atoms with van der Waals surface area (Å²) in [5, 5.41) is 0. The molecule has 4 heteroatoms. The van der Waals surface area contributed by atoms with Gasteiger partial charge >= 0.3 is 0 Å². The normalized spacial score (nSPS) is 10.9. The Balaban J connectivity index is 2.12. The molecule has 0 bridgehead atoms. The Morgan fingerprint density at radius 3 is 1.62 bits per heavy atom. The highest BCUT2D eigenvalue weighted by Gasteiger charge is 2.20. The van der Waals surface area contributed by atoms with E-state index in [9.17, 15) is 4.79 Å². The average molecular weight is 337 g/mol. The van der Waals surface area contributed by atoms with Crippen LogP contribution in [0.1, 0.15) is 11.1 Å². The van der Waals surface area contributed by atoms with E-state index in [-0.39, 0.29) is 16.2 Å². The van der Waals surface area contributed by atoms with Gasteiger partial charge in [-0.25, -0.2) is 0 Å². The molecule has 0 aliphatic heterocycles. The summed E-state index contributed by atoms with van der Waals surface area (Å²) in [5.41, 5.74) is 2.43. The van der Waals surface area contributed by atoms with Crippen molar-refractivity contribution in [3.63, 3.8) is 0 Å². The van der Waals surface area contributed by atoms with Crippen molar-refractivity contribution in [3.8, 4) is 0 Å². The van der Waals surface area contributed by atoms with Crippen LogP contribution in [0.15, 0.2) is 58.3 Å². The number of ketones is 1. The quantitative estimate of drug-likeness (QED) is 0.403. The first kappa shape index (κ1) is 16.5. The highest BCUT2D eigenvalue weighted by atomic mass is 35.5. The third-order valence-corrected chi connectivity index (χ3v) is 5.81. The fourth-order valence-electron chi connectivity index (χ4n) is 1.70. The number of hydrogen-bond donors (Lipinski definition) is 0. The Morgan fingerprint density at radius 2 is 1.29 bits per heavy atom. The van der Waals surface area contributed by atoms with Crippen molar-refractivity contribution in [2.75, 3.05) is 5.88 Å². The maximum atomic E-state index is 12.1. The number of thioether (sulfide) groups is 2. The van der Waals surface area contributed by atoms with E-state index < -0.39 is 0 Å². The van der Waals surface area contributed by atoms with E-state index in [1.54, 1.807) is 23.5 Å². The van der Waals surface area contributed by atoms with Crippen LogP contribution < -0.4 is 0 Å². The van der Waals surface area contributed by atoms with E-state index >= 15 is 0 Å². The molecule has 2 aromatic rings. The maximum Gasteiger partial charge on any atom is 0.171 e. The molecule has 0 amide bonds. The summed E-state index contributed by atoms with van der Waals surface area (Å²) < 4.78 is -0.215. The minimum absolute atomic E-state index is 0.0440. The monoisotopic (exact) mass is 336 g/mol. The summed E-state index contributed by atoms with van der Waals surface area (Å²) in [6, 6.07) is 16.4. The summed E-state index contributed by atoms with van der Waals surface area (Å²) in [5.74, 6) is 0.0929. The fraction of sp³-hybridized carbons (Fsp3) is 0.235. The average Bonchev–Trinajstić information content (AvgIpc) is 2.50. The van der Waals surface area contributed by atoms with E-state index in [0.717, 1.165) is 9.79 Å². The number of Topliss-reactive ketones (excluding diaryl/α,β-unsaturated/α-hetero) is 1. The lowest BCUT2D eigenvalue weighted by Gasteiger charge is -2.14. The zero-order valence-corrected chi connectivity index (χ0v) is 14.4. The first-order valence-corrected chi connectivity index (χ1v) is 8.93. The van der Waals surface area contributed by atoms with Crippen LogP contribution in [0.5, 0.6) is 0 Å². The van der Waals surface area contributed by atoms with Gasteiger partial charge in [-0.05, 0) is 38.1 Å². The Morgan fingerprint density at radius 1 is 0.905 bits per heavy atom. The molecule has 0 fully saturated rings. The van der Waals surface area contributed by atoms with Crippen molar-refractivity contribution in [2.45, 2.75) is 28.2 Å². The zero-order chi connectivity index (χ0) is 15.2. The summed E-state index contributed by atoms with van der Waals surface area (Å²) >= 11 is 8.87. The maximum absolute atomic E-state index is 12.1. The van der Waals surface area contributed by atoms with Gasteiger partial charge in [0, 0.05) is 9.79 Å². The van der Waals surface area contributed by atoms with Gasteiger partial charge in [-0.3, -0.25) is 4.79 Å². The van der Waals surface area contributed by atoms with Gasteiger partial charge < -0.3 is 0 Å². The first-order chi connectivity index (χ1) is 10.1. The van der Waals surface area contributed by atoms with E-state index in [1.807, 2.05) is 24.3 Å². The van der Waals surface area contributed by atoms with Gasteiger partial charge in [0.1, 0.15) is 4.58 Å². The van der Waals surface area contributed by atoms with Gasteiger partial charge in [-0.15, -0.1) is 35.1 Å². The van der Waals surface area contributed by atoms with Gasteiger partial charge in [0.25, 0.3) is 0 Å². The van der Waals surface area contributed by atoms with Gasteiger partial charge in [-0.2, -0.15) is 0 Å². The molecule has 0 spiro atoms. The fourth-order valence-corrected chi connectivity index (χ4v) is 4.41. The smallest absolute Gasteiger partial charge is 0.171 e. The summed E-state index contributed by atoms with van der Waals surface area (Å²) in [4.78, 5) is 14.3. The second-order valence-corrected chi connectivity index (χ2v) is 7.72. The molecule has 0 heterocycles. The second kappa shape index (κ2) is 7.92. The van der Waals surface area contributed by atoms with Gasteiger partial charge in [-0.1, -0.05) is 35.4 Å². The van der Waals surface area contributed by atoms with Crippen molar-refractivity contribution >= 4 is 40.9 Å². The molecule has 1 nitrogen and oxygen atoms in total. The molecular weight excluding hydrogens is 320 g/mol. The van der Waals surface area contributed by atoms with Crippen molar-refractivity contribution in [1.82, 2.24) is 0 Å². The number of rotatable bonds is 6. The molecule has 2 rings (SSSR count). The van der Waals surface area contributed by atoms with Crippen LogP contribution >= 0.6 is 35.1 Å². The van der Waals surface area contributed by atoms with E-state index in [4.69, 9.17) is 11.6 Å². The molecule has 0 N–H and O–H groups in total. The largest absolute Gasteiger partial charge is 0.296 e. The summed E-state index contributed by atoms with van der Waals surface area (Å²) in [7, 11) is 0. The molecule has 0 aromatic heterocycles. The number of halogens is 1. The van der Waals surface area contributed by atoms with Crippen LogP contribution in [0.25, 0.3) is 0 Å². The molecule has 0 radical (unpaired) electrons. The molecule has 0 saturated heterocycles. The predicted molar refractivity (Wildman–Crippen MR) is 93.6 cm³/mol. The number of aryl methyl sites for hydroxylation is 2. The molecular formula is C17H17ClOS2. The molecule has 0 aliphatic rings. The minimum Gasteiger partial charge on any atom is -0.296 e. The van der Waals surface area contributed by atoms with Crippen molar-refractivity contribution in [3.05, 3.63) is 59.7 Å². The van der Waals surface area contributed by atoms with Crippen molar-refractivity contribution in [2.24, 2.45) is 0 Å². The standard InChI is InChI=1S/C17H17ClOS2/c1-12-3-7-14(8-4-12)20-17(16(19)11-18)21-15-9-5-13(2)6-10-15/h3-10,17H,11H2,1-2H3. The van der Waals surface area contributed by atoms with E-state index in [1.165, 1.54) is 11.1 Å². The number of alkyl halides is 1. The molecule has 0 saturated carbocycles. The van der Waals surface area contributed by atoms with E-state index in [2.05, 4.69) is 38.1 Å². The summed E-state index contributed by atoms with van der Waals surface area (Å²) in [6.45, 7) is 4.10. The highest BCUT2D eigenvalue weighted by molar-refractivity contribution is 8.18. The van der Waals surface area contributed by atoms with Crippen molar-refractivity contribution in [1.29, 1.82) is 0 Å². The number of hydrogen-bond acceptors (Lipinski definition) is 3. The third-order valence-electron chi connectivity index (χ3n) is 2.92. The van der Waals surface area contributed by atoms with Crippen LogP contribution in [0.2, 0.25) is 0 Å². The van der Waals surface area contributed by atoms with Gasteiger partial charge in [0.2, 0.25) is 0 Å². The van der Waals surface area contributed by atoms with Gasteiger partial charge in [0.15, 0.2) is 5.78 Å². The first-order valence-electron chi connectivity index (χ1n) is 6.64. The predicted octanol–water partition coefficient (Wildman–Crippen LogP) is 5.32. The Labute approximate surface area is 139 Å². The minimum atomic E-state index is -0.215. The number of carbonyl (C=O) groups excluding carboxylic acids is 1. The molecule has 0 aliphatic carbocycles. The summed E-state index contributed by atoms with van der Waals surface area (Å²) in [6.07, 6.45) is 0. The van der Waals surface area contributed by atoms with Crippen LogP contribution in [0.3, 0.4) is 0 Å². The Kier molecular flexibility index (Phi) is 6.22. The highest BCUT2D eigenvalue weighted by Crippen LogP contribution is 2.36. The number of carbonyl (C=O) groups is 1. The lowest BCUT2D eigenvalue weighted by atomic mass is 10.2. The third kappa shape index (κ3) is 5.10. The van der Waals surface area contributed by atoms with Gasteiger partial charge in [0.05, 0.1) is 5.88 Å².